The molecule has 6 nitrogen and oxygen atoms in total. The third-order valence-corrected chi connectivity index (χ3v) is 8.85. The standard InChI is InChI=1S/C24H25N5OS3/c1-17-9-7-8-14-28(17)22(30)16-31-23-27-26-21(29(23)18-10-3-2-4-11-18)15-32-24-25-19-12-5-6-13-20(19)33-24/h2-6,10-13,17H,7-9,14-16H2,1H3. The van der Waals surface area contributed by atoms with Crippen LogP contribution in [0.1, 0.15) is 32.0 Å². The lowest BCUT2D eigenvalue weighted by Crippen LogP contribution is -2.42. The number of hydrogen-bond donors (Lipinski definition) is 0. The number of para-hydroxylation sites is 2. The number of aromatic nitrogens is 4. The molecular weight excluding hydrogens is 470 g/mol. The Labute approximate surface area is 205 Å². The molecule has 2 aromatic carbocycles. The van der Waals surface area contributed by atoms with Gasteiger partial charge in [0.05, 0.1) is 21.7 Å². The molecule has 1 aliphatic rings. The van der Waals surface area contributed by atoms with Crippen LogP contribution in [0.3, 0.4) is 0 Å². The number of carbonyl (C=O) groups excluding carboxylic acids is 1. The summed E-state index contributed by atoms with van der Waals surface area (Å²) in [4.78, 5) is 19.6. The molecule has 4 aromatic rings. The van der Waals surface area contributed by atoms with Gasteiger partial charge in [0.1, 0.15) is 5.82 Å². The van der Waals surface area contributed by atoms with E-state index in [1.165, 1.54) is 22.9 Å². The van der Waals surface area contributed by atoms with E-state index in [1.54, 1.807) is 23.1 Å². The number of thioether (sulfide) groups is 2. The third-order valence-electron chi connectivity index (χ3n) is 5.76. The topological polar surface area (TPSA) is 63.9 Å². The van der Waals surface area contributed by atoms with Crippen LogP contribution in [0.4, 0.5) is 0 Å². The van der Waals surface area contributed by atoms with Crippen molar-refractivity contribution in [3.63, 3.8) is 0 Å². The van der Waals surface area contributed by atoms with Crippen LogP contribution in [0, 0.1) is 0 Å². The number of likely N-dealkylation sites (tertiary alicyclic amines) is 1. The van der Waals surface area contributed by atoms with Crippen molar-refractivity contribution < 1.29 is 4.79 Å². The summed E-state index contributed by atoms with van der Waals surface area (Å²) in [5.74, 6) is 2.06. The Morgan fingerprint density at radius 3 is 2.70 bits per heavy atom. The van der Waals surface area contributed by atoms with Gasteiger partial charge in [0.25, 0.3) is 0 Å². The molecule has 0 spiro atoms. The maximum Gasteiger partial charge on any atom is 0.233 e. The molecule has 0 saturated carbocycles. The molecular formula is C24H25N5OS3. The Balaban J connectivity index is 1.34. The summed E-state index contributed by atoms with van der Waals surface area (Å²) < 4.78 is 4.27. The smallest absolute Gasteiger partial charge is 0.233 e. The van der Waals surface area contributed by atoms with Crippen LogP contribution in [0.2, 0.25) is 0 Å². The highest BCUT2D eigenvalue weighted by Crippen LogP contribution is 2.32. The summed E-state index contributed by atoms with van der Waals surface area (Å²) in [5.41, 5.74) is 2.03. The summed E-state index contributed by atoms with van der Waals surface area (Å²) in [5, 5.41) is 9.70. The van der Waals surface area contributed by atoms with Gasteiger partial charge in [-0.25, -0.2) is 4.98 Å². The molecule has 0 N–H and O–H groups in total. The molecule has 1 aliphatic heterocycles. The second kappa shape index (κ2) is 10.3. The number of benzene rings is 2. The molecule has 2 aromatic heterocycles. The molecule has 0 radical (unpaired) electrons. The molecule has 1 amide bonds. The van der Waals surface area contributed by atoms with E-state index in [9.17, 15) is 4.79 Å². The van der Waals surface area contributed by atoms with E-state index >= 15 is 0 Å². The number of amides is 1. The predicted molar refractivity (Wildman–Crippen MR) is 136 cm³/mol. The summed E-state index contributed by atoms with van der Waals surface area (Å²) in [7, 11) is 0. The minimum atomic E-state index is 0.181. The number of thiazole rings is 1. The summed E-state index contributed by atoms with van der Waals surface area (Å²) >= 11 is 4.83. The lowest BCUT2D eigenvalue weighted by atomic mass is 10.0. The number of piperidine rings is 1. The molecule has 33 heavy (non-hydrogen) atoms. The molecule has 1 saturated heterocycles. The Bertz CT molecular complexity index is 1210. The molecule has 3 heterocycles. The van der Waals surface area contributed by atoms with Crippen molar-refractivity contribution >= 4 is 51.0 Å². The molecule has 1 atom stereocenters. The fraction of sp³-hybridized carbons (Fsp3) is 0.333. The highest BCUT2D eigenvalue weighted by Gasteiger charge is 2.24. The first kappa shape index (κ1) is 22.4. The largest absolute Gasteiger partial charge is 0.339 e. The van der Waals surface area contributed by atoms with Crippen LogP contribution in [0.5, 0.6) is 0 Å². The maximum atomic E-state index is 12.9. The lowest BCUT2D eigenvalue weighted by molar-refractivity contribution is -0.131. The van der Waals surface area contributed by atoms with Crippen LogP contribution in [-0.2, 0) is 10.5 Å². The zero-order valence-electron chi connectivity index (χ0n) is 18.4. The molecule has 9 heteroatoms. The second-order valence-corrected chi connectivity index (χ2v) is 11.2. The Kier molecular flexibility index (Phi) is 6.99. The van der Waals surface area contributed by atoms with Crippen molar-refractivity contribution in [1.29, 1.82) is 0 Å². The van der Waals surface area contributed by atoms with Crippen molar-refractivity contribution in [3.05, 3.63) is 60.4 Å². The van der Waals surface area contributed by atoms with E-state index in [4.69, 9.17) is 4.98 Å². The van der Waals surface area contributed by atoms with Crippen molar-refractivity contribution in [3.8, 4) is 5.69 Å². The molecule has 5 rings (SSSR count). The van der Waals surface area contributed by atoms with Crippen LogP contribution in [0.25, 0.3) is 15.9 Å². The highest BCUT2D eigenvalue weighted by atomic mass is 32.2. The van der Waals surface area contributed by atoms with Gasteiger partial charge < -0.3 is 4.90 Å². The van der Waals surface area contributed by atoms with E-state index in [2.05, 4.69) is 27.8 Å². The first-order valence-electron chi connectivity index (χ1n) is 11.1. The number of fused-ring (bicyclic) bond motifs is 1. The maximum absolute atomic E-state index is 12.9. The highest BCUT2D eigenvalue weighted by molar-refractivity contribution is 8.00. The van der Waals surface area contributed by atoms with Gasteiger partial charge in [-0.3, -0.25) is 9.36 Å². The van der Waals surface area contributed by atoms with E-state index in [0.29, 0.717) is 17.5 Å². The minimum absolute atomic E-state index is 0.181. The molecule has 170 valence electrons. The minimum Gasteiger partial charge on any atom is -0.339 e. The Morgan fingerprint density at radius 2 is 1.88 bits per heavy atom. The summed E-state index contributed by atoms with van der Waals surface area (Å²) in [6.07, 6.45) is 3.38. The van der Waals surface area contributed by atoms with E-state index in [0.717, 1.165) is 45.9 Å². The molecule has 0 bridgehead atoms. The first-order valence-corrected chi connectivity index (χ1v) is 13.9. The quantitative estimate of drug-likeness (QED) is 0.308. The zero-order chi connectivity index (χ0) is 22.6. The van der Waals surface area contributed by atoms with Gasteiger partial charge in [0, 0.05) is 18.3 Å². The van der Waals surface area contributed by atoms with Gasteiger partial charge in [-0.1, -0.05) is 53.9 Å². The Morgan fingerprint density at radius 1 is 1.06 bits per heavy atom. The Hall–Kier alpha value is -2.36. The third kappa shape index (κ3) is 5.10. The zero-order valence-corrected chi connectivity index (χ0v) is 20.8. The SMILES string of the molecule is CC1CCCCN1C(=O)CSc1nnc(CSc2nc3ccccc3s2)n1-c1ccccc1. The number of hydrogen-bond acceptors (Lipinski definition) is 7. The van der Waals surface area contributed by atoms with Gasteiger partial charge >= 0.3 is 0 Å². The number of carbonyl (C=O) groups is 1. The van der Waals surface area contributed by atoms with Crippen LogP contribution in [0.15, 0.2) is 64.1 Å². The van der Waals surface area contributed by atoms with Gasteiger partial charge in [0.2, 0.25) is 5.91 Å². The number of rotatable bonds is 7. The van der Waals surface area contributed by atoms with Crippen molar-refractivity contribution in [1.82, 2.24) is 24.6 Å². The van der Waals surface area contributed by atoms with Crippen LogP contribution < -0.4 is 0 Å². The van der Waals surface area contributed by atoms with Crippen LogP contribution in [-0.4, -0.2) is 48.9 Å². The van der Waals surface area contributed by atoms with E-state index in [-0.39, 0.29) is 5.91 Å². The summed E-state index contributed by atoms with van der Waals surface area (Å²) in [6.45, 7) is 3.00. The van der Waals surface area contributed by atoms with Gasteiger partial charge in [0.15, 0.2) is 9.50 Å². The van der Waals surface area contributed by atoms with Crippen LogP contribution >= 0.6 is 34.9 Å². The average molecular weight is 496 g/mol. The fourth-order valence-corrected chi connectivity index (χ4v) is 6.88. The second-order valence-electron chi connectivity index (χ2n) is 8.03. The van der Waals surface area contributed by atoms with E-state index in [1.807, 2.05) is 53.4 Å². The molecule has 1 unspecified atom stereocenters. The fourth-order valence-electron chi connectivity index (χ4n) is 4.04. The molecule has 0 aliphatic carbocycles. The van der Waals surface area contributed by atoms with Gasteiger partial charge in [-0.15, -0.1) is 21.5 Å². The van der Waals surface area contributed by atoms with Gasteiger partial charge in [-0.05, 0) is 50.5 Å². The summed E-state index contributed by atoms with van der Waals surface area (Å²) in [6, 6.07) is 18.6. The molecule has 1 fully saturated rings. The first-order chi connectivity index (χ1) is 16.2. The van der Waals surface area contributed by atoms with Gasteiger partial charge in [-0.2, -0.15) is 0 Å². The average Bonchev–Trinajstić information content (AvgIpc) is 3.45. The van der Waals surface area contributed by atoms with Crippen molar-refractivity contribution in [2.75, 3.05) is 12.3 Å². The van der Waals surface area contributed by atoms with Crippen molar-refractivity contribution in [2.24, 2.45) is 0 Å². The normalized spacial score (nSPS) is 16.4. The van der Waals surface area contributed by atoms with E-state index < -0.39 is 0 Å². The number of nitrogens with zero attached hydrogens (tertiary/aromatic N) is 5. The lowest BCUT2D eigenvalue weighted by Gasteiger charge is -2.33. The van der Waals surface area contributed by atoms with Crippen molar-refractivity contribution in [2.45, 2.75) is 47.5 Å². The monoisotopic (exact) mass is 495 g/mol. The predicted octanol–water partition coefficient (Wildman–Crippen LogP) is 5.66.